The van der Waals surface area contributed by atoms with E-state index in [0.717, 1.165) is 17.6 Å². The molecule has 0 amide bonds. The Bertz CT molecular complexity index is 590. The molecule has 20 heavy (non-hydrogen) atoms. The van der Waals surface area contributed by atoms with Crippen LogP contribution in [-0.4, -0.2) is 28.7 Å². The van der Waals surface area contributed by atoms with Crippen LogP contribution in [0.3, 0.4) is 0 Å². The van der Waals surface area contributed by atoms with E-state index >= 15 is 0 Å². The number of carbonyl (C=O) groups is 1. The van der Waals surface area contributed by atoms with Crippen molar-refractivity contribution in [3.8, 4) is 0 Å². The largest absolute Gasteiger partial charge is 0.464 e. The molecule has 1 heterocycles. The van der Waals surface area contributed by atoms with Gasteiger partial charge in [-0.1, -0.05) is 26.0 Å². The number of ether oxygens (including phenoxy) is 1. The van der Waals surface area contributed by atoms with Crippen molar-refractivity contribution < 1.29 is 9.53 Å². The average Bonchev–Trinajstić information content (AvgIpc) is 2.75. The highest BCUT2D eigenvalue weighted by atomic mass is 16.5. The van der Waals surface area contributed by atoms with E-state index in [0.29, 0.717) is 18.5 Å². The topological polar surface area (TPSA) is 56.2 Å². The Morgan fingerprint density at radius 1 is 1.40 bits per heavy atom. The van der Waals surface area contributed by atoms with Crippen LogP contribution in [0.4, 0.5) is 5.95 Å². The molecule has 0 aliphatic heterocycles. The molecule has 5 nitrogen and oxygen atoms in total. The van der Waals surface area contributed by atoms with Gasteiger partial charge in [-0.2, -0.15) is 0 Å². The van der Waals surface area contributed by atoms with Gasteiger partial charge in [-0.25, -0.2) is 4.98 Å². The summed E-state index contributed by atoms with van der Waals surface area (Å²) in [4.78, 5) is 16.4. The van der Waals surface area contributed by atoms with Crippen LogP contribution in [0.2, 0.25) is 0 Å². The molecule has 0 spiro atoms. The molecule has 0 radical (unpaired) electrons. The van der Waals surface area contributed by atoms with Crippen molar-refractivity contribution in [1.82, 2.24) is 9.55 Å². The van der Waals surface area contributed by atoms with E-state index < -0.39 is 0 Å². The van der Waals surface area contributed by atoms with E-state index in [1.165, 1.54) is 0 Å². The lowest BCUT2D eigenvalue weighted by Gasteiger charge is -2.11. The van der Waals surface area contributed by atoms with Crippen LogP contribution >= 0.6 is 0 Å². The maximum absolute atomic E-state index is 11.9. The number of hydrogen-bond donors (Lipinski definition) is 1. The minimum atomic E-state index is -0.235. The van der Waals surface area contributed by atoms with Crippen molar-refractivity contribution in [1.29, 1.82) is 0 Å². The fraction of sp³-hybridized carbons (Fsp3) is 0.467. The van der Waals surface area contributed by atoms with E-state index in [1.807, 2.05) is 49.6 Å². The summed E-state index contributed by atoms with van der Waals surface area (Å²) in [6.07, 6.45) is 0. The van der Waals surface area contributed by atoms with E-state index in [-0.39, 0.29) is 12.5 Å². The van der Waals surface area contributed by atoms with E-state index in [4.69, 9.17) is 4.74 Å². The minimum Gasteiger partial charge on any atom is -0.464 e. The second kappa shape index (κ2) is 6.41. The number of para-hydroxylation sites is 2. The van der Waals surface area contributed by atoms with Crippen molar-refractivity contribution in [2.24, 2.45) is 5.92 Å². The van der Waals surface area contributed by atoms with Crippen molar-refractivity contribution in [2.45, 2.75) is 27.3 Å². The van der Waals surface area contributed by atoms with Gasteiger partial charge in [0.05, 0.1) is 17.6 Å². The molecule has 0 fully saturated rings. The Hall–Kier alpha value is -2.04. The second-order valence-corrected chi connectivity index (χ2v) is 5.12. The van der Waals surface area contributed by atoms with Crippen LogP contribution in [0.25, 0.3) is 11.0 Å². The first-order chi connectivity index (χ1) is 9.61. The van der Waals surface area contributed by atoms with E-state index in [9.17, 15) is 4.79 Å². The highest BCUT2D eigenvalue weighted by Crippen LogP contribution is 2.19. The molecule has 1 aromatic heterocycles. The second-order valence-electron chi connectivity index (χ2n) is 5.12. The lowest BCUT2D eigenvalue weighted by atomic mass is 10.2. The number of benzene rings is 1. The van der Waals surface area contributed by atoms with Gasteiger partial charge >= 0.3 is 5.97 Å². The zero-order valence-corrected chi connectivity index (χ0v) is 12.2. The van der Waals surface area contributed by atoms with E-state index in [1.54, 1.807) is 0 Å². The predicted molar refractivity (Wildman–Crippen MR) is 79.7 cm³/mol. The summed E-state index contributed by atoms with van der Waals surface area (Å²) in [6, 6.07) is 7.77. The van der Waals surface area contributed by atoms with Crippen LogP contribution in [0, 0.1) is 5.92 Å². The van der Waals surface area contributed by atoms with Gasteiger partial charge in [0.15, 0.2) is 0 Å². The molecular weight excluding hydrogens is 254 g/mol. The molecule has 0 saturated carbocycles. The third kappa shape index (κ3) is 3.29. The predicted octanol–water partition coefficient (Wildman–Crippen LogP) is 2.67. The number of anilines is 1. The number of imidazole rings is 1. The van der Waals surface area contributed by atoms with Crippen molar-refractivity contribution in [3.05, 3.63) is 24.3 Å². The normalized spacial score (nSPS) is 11.0. The molecule has 0 unspecified atom stereocenters. The summed E-state index contributed by atoms with van der Waals surface area (Å²) in [5.74, 6) is 0.808. The molecular formula is C15H21N3O2. The summed E-state index contributed by atoms with van der Waals surface area (Å²) in [5.41, 5.74) is 1.81. The number of esters is 1. The molecule has 0 saturated heterocycles. The van der Waals surface area contributed by atoms with Gasteiger partial charge in [0.25, 0.3) is 0 Å². The van der Waals surface area contributed by atoms with Gasteiger partial charge in [-0.3, -0.25) is 9.36 Å². The van der Waals surface area contributed by atoms with Crippen LogP contribution in [-0.2, 0) is 16.1 Å². The van der Waals surface area contributed by atoms with Crippen molar-refractivity contribution in [2.75, 3.05) is 18.5 Å². The van der Waals surface area contributed by atoms with Crippen molar-refractivity contribution >= 4 is 23.0 Å². The first-order valence-corrected chi connectivity index (χ1v) is 6.96. The highest BCUT2D eigenvalue weighted by Gasteiger charge is 2.14. The number of nitrogens with zero attached hydrogens (tertiary/aromatic N) is 2. The third-order valence-corrected chi connectivity index (χ3v) is 2.85. The number of rotatable bonds is 6. The van der Waals surface area contributed by atoms with Crippen LogP contribution in [0.15, 0.2) is 24.3 Å². The molecule has 1 N–H and O–H groups in total. The monoisotopic (exact) mass is 275 g/mol. The van der Waals surface area contributed by atoms with Crippen LogP contribution < -0.4 is 5.32 Å². The van der Waals surface area contributed by atoms with Gasteiger partial charge in [-0.15, -0.1) is 0 Å². The Morgan fingerprint density at radius 3 is 2.85 bits per heavy atom. The molecule has 0 bridgehead atoms. The number of aromatic nitrogens is 2. The first-order valence-electron chi connectivity index (χ1n) is 6.96. The van der Waals surface area contributed by atoms with Gasteiger partial charge in [0, 0.05) is 6.54 Å². The quantitative estimate of drug-likeness (QED) is 0.823. The molecule has 1 aromatic carbocycles. The zero-order valence-electron chi connectivity index (χ0n) is 12.2. The molecule has 0 aliphatic rings. The van der Waals surface area contributed by atoms with Gasteiger partial charge < -0.3 is 10.1 Å². The summed E-state index contributed by atoms with van der Waals surface area (Å²) in [7, 11) is 0. The molecule has 0 atom stereocenters. The SMILES string of the molecule is CCNc1nc2ccccc2n1CC(=O)OCC(C)C. The number of fused-ring (bicyclic) bond motifs is 1. The summed E-state index contributed by atoms with van der Waals surface area (Å²) in [6.45, 7) is 7.41. The summed E-state index contributed by atoms with van der Waals surface area (Å²) in [5, 5.41) is 3.18. The molecule has 0 aliphatic carbocycles. The Kier molecular flexibility index (Phi) is 4.61. The maximum atomic E-state index is 11.9. The Labute approximate surface area is 118 Å². The molecule has 2 rings (SSSR count). The van der Waals surface area contributed by atoms with Gasteiger partial charge in [0.1, 0.15) is 6.54 Å². The van der Waals surface area contributed by atoms with Gasteiger partial charge in [0.2, 0.25) is 5.95 Å². The van der Waals surface area contributed by atoms with Gasteiger partial charge in [-0.05, 0) is 25.0 Å². The maximum Gasteiger partial charge on any atom is 0.326 e. The minimum absolute atomic E-state index is 0.176. The standard InChI is InChI=1S/C15H21N3O2/c1-4-16-15-17-12-7-5-6-8-13(12)18(15)9-14(19)20-10-11(2)3/h5-8,11H,4,9-10H2,1-3H3,(H,16,17). The molecule has 2 aromatic rings. The average molecular weight is 275 g/mol. The number of nitrogens with one attached hydrogen (secondary N) is 1. The van der Waals surface area contributed by atoms with E-state index in [2.05, 4.69) is 10.3 Å². The lowest BCUT2D eigenvalue weighted by molar-refractivity contribution is -0.145. The van der Waals surface area contributed by atoms with Crippen LogP contribution in [0.5, 0.6) is 0 Å². The van der Waals surface area contributed by atoms with Crippen molar-refractivity contribution in [3.63, 3.8) is 0 Å². The summed E-state index contributed by atoms with van der Waals surface area (Å²) >= 11 is 0. The number of carbonyl (C=O) groups excluding carboxylic acids is 1. The third-order valence-electron chi connectivity index (χ3n) is 2.85. The first kappa shape index (κ1) is 14.4. The zero-order chi connectivity index (χ0) is 14.5. The fourth-order valence-electron chi connectivity index (χ4n) is 1.96. The van der Waals surface area contributed by atoms with Crippen LogP contribution in [0.1, 0.15) is 20.8 Å². The Balaban J connectivity index is 2.22. The molecule has 5 heteroatoms. The lowest BCUT2D eigenvalue weighted by Crippen LogP contribution is -2.18. The summed E-state index contributed by atoms with van der Waals surface area (Å²) < 4.78 is 7.11. The Morgan fingerprint density at radius 2 is 2.15 bits per heavy atom. The fourth-order valence-corrected chi connectivity index (χ4v) is 1.96. The molecule has 108 valence electrons. The highest BCUT2D eigenvalue weighted by molar-refractivity contribution is 5.81. The smallest absolute Gasteiger partial charge is 0.326 e. The number of hydrogen-bond acceptors (Lipinski definition) is 4.